The highest BCUT2D eigenvalue weighted by molar-refractivity contribution is 6.02. The van der Waals surface area contributed by atoms with Crippen molar-refractivity contribution in [2.45, 2.75) is 27.2 Å². The summed E-state index contributed by atoms with van der Waals surface area (Å²) in [5.41, 5.74) is 0.911. The summed E-state index contributed by atoms with van der Waals surface area (Å²) in [4.78, 5) is 36.5. The number of ether oxygens (including phenoxy) is 2. The van der Waals surface area contributed by atoms with Gasteiger partial charge in [0.05, 0.1) is 13.2 Å². The van der Waals surface area contributed by atoms with E-state index in [-0.39, 0.29) is 25.4 Å². The normalized spacial score (nSPS) is 11.2. The van der Waals surface area contributed by atoms with E-state index < -0.39 is 17.9 Å². The molecule has 0 aliphatic carbocycles. The van der Waals surface area contributed by atoms with Gasteiger partial charge in [-0.15, -0.1) is 0 Å². The van der Waals surface area contributed by atoms with Crippen LogP contribution in [-0.2, 0) is 19.1 Å². The predicted octanol–water partition coefficient (Wildman–Crippen LogP) is 2.95. The van der Waals surface area contributed by atoms with Crippen molar-refractivity contribution in [2.75, 3.05) is 13.2 Å². The van der Waals surface area contributed by atoms with Crippen molar-refractivity contribution in [1.82, 2.24) is 0 Å². The van der Waals surface area contributed by atoms with Crippen LogP contribution < -0.4 is 0 Å². The molecule has 0 bridgehead atoms. The Morgan fingerprint density at radius 2 is 1.52 bits per heavy atom. The van der Waals surface area contributed by atoms with Crippen molar-refractivity contribution >= 4 is 17.7 Å². The van der Waals surface area contributed by atoms with Crippen molar-refractivity contribution in [1.29, 1.82) is 0 Å². The number of allylic oxidation sites excluding steroid dienone is 1. The van der Waals surface area contributed by atoms with Gasteiger partial charge in [0.1, 0.15) is 0 Å². The monoisotopic (exact) mass is 318 g/mol. The van der Waals surface area contributed by atoms with E-state index in [9.17, 15) is 14.4 Å². The number of ketones is 1. The van der Waals surface area contributed by atoms with Crippen molar-refractivity contribution in [3.05, 3.63) is 47.5 Å². The van der Waals surface area contributed by atoms with E-state index in [0.29, 0.717) is 11.1 Å². The maximum absolute atomic E-state index is 12.3. The number of hydrogen-bond acceptors (Lipinski definition) is 5. The van der Waals surface area contributed by atoms with Gasteiger partial charge >= 0.3 is 11.9 Å². The molecule has 1 rings (SSSR count). The molecule has 0 heterocycles. The van der Waals surface area contributed by atoms with Gasteiger partial charge in [0, 0.05) is 12.0 Å². The molecule has 23 heavy (non-hydrogen) atoms. The first-order valence-corrected chi connectivity index (χ1v) is 7.61. The molecule has 0 radical (unpaired) electrons. The van der Waals surface area contributed by atoms with Crippen LogP contribution in [0.1, 0.15) is 37.6 Å². The average Bonchev–Trinajstić information content (AvgIpc) is 2.55. The van der Waals surface area contributed by atoms with E-state index in [1.165, 1.54) is 0 Å². The minimum atomic E-state index is -1.20. The lowest BCUT2D eigenvalue weighted by Gasteiger charge is -2.17. The van der Waals surface area contributed by atoms with E-state index in [4.69, 9.17) is 9.47 Å². The second kappa shape index (κ2) is 9.56. The second-order valence-corrected chi connectivity index (χ2v) is 4.77. The van der Waals surface area contributed by atoms with Crippen LogP contribution in [0.3, 0.4) is 0 Å². The smallest absolute Gasteiger partial charge is 0.324 e. The van der Waals surface area contributed by atoms with Crippen LogP contribution in [0.25, 0.3) is 0 Å². The van der Waals surface area contributed by atoms with Crippen molar-refractivity contribution < 1.29 is 23.9 Å². The molecule has 0 aromatic heterocycles. The molecule has 124 valence electrons. The fraction of sp³-hybridized carbons (Fsp3) is 0.389. The van der Waals surface area contributed by atoms with Crippen LogP contribution >= 0.6 is 0 Å². The molecule has 5 heteroatoms. The van der Waals surface area contributed by atoms with Crippen LogP contribution in [-0.4, -0.2) is 30.9 Å². The Morgan fingerprint density at radius 1 is 1.00 bits per heavy atom. The van der Waals surface area contributed by atoms with E-state index in [2.05, 4.69) is 0 Å². The van der Waals surface area contributed by atoms with Crippen LogP contribution in [0.5, 0.6) is 0 Å². The molecule has 0 fully saturated rings. The first-order valence-electron chi connectivity index (χ1n) is 7.61. The summed E-state index contributed by atoms with van der Waals surface area (Å²) in [6.45, 7) is 5.30. The number of esters is 2. The first-order chi connectivity index (χ1) is 11.0. The van der Waals surface area contributed by atoms with Crippen molar-refractivity contribution in [2.24, 2.45) is 5.92 Å². The predicted molar refractivity (Wildman–Crippen MR) is 85.9 cm³/mol. The van der Waals surface area contributed by atoms with Gasteiger partial charge in [-0.05, 0) is 26.3 Å². The lowest BCUT2D eigenvalue weighted by Crippen LogP contribution is -2.30. The topological polar surface area (TPSA) is 69.7 Å². The summed E-state index contributed by atoms with van der Waals surface area (Å²) < 4.78 is 9.90. The molecule has 0 saturated carbocycles. The first kappa shape index (κ1) is 18.6. The Kier molecular flexibility index (Phi) is 7.74. The summed E-state index contributed by atoms with van der Waals surface area (Å²) in [6, 6.07) is 8.72. The molecule has 5 nitrogen and oxygen atoms in total. The molecule has 0 unspecified atom stereocenters. The van der Waals surface area contributed by atoms with E-state index in [0.717, 1.165) is 0 Å². The highest BCUT2D eigenvalue weighted by Crippen LogP contribution is 2.21. The molecular weight excluding hydrogens is 296 g/mol. The summed E-state index contributed by atoms with van der Waals surface area (Å²) in [6.07, 6.45) is 1.56. The van der Waals surface area contributed by atoms with E-state index in [1.807, 2.05) is 6.07 Å². The van der Waals surface area contributed by atoms with E-state index in [1.54, 1.807) is 51.1 Å². The number of rotatable bonds is 8. The Bertz CT molecular complexity index is 556. The van der Waals surface area contributed by atoms with Crippen LogP contribution in [0.4, 0.5) is 0 Å². The Labute approximate surface area is 136 Å². The fourth-order valence-electron chi connectivity index (χ4n) is 2.13. The van der Waals surface area contributed by atoms with Gasteiger partial charge in [-0.3, -0.25) is 14.4 Å². The standard InChI is InChI=1S/C18H22O5/c1-4-13(12-15(19)14-10-8-7-9-11-14)16(17(20)22-5-2)18(21)23-6-3/h4,7-11,16H,5-6,12H2,1-3H3/b13-4+. The second-order valence-electron chi connectivity index (χ2n) is 4.77. The molecule has 0 spiro atoms. The van der Waals surface area contributed by atoms with Gasteiger partial charge in [-0.2, -0.15) is 0 Å². The van der Waals surface area contributed by atoms with Gasteiger partial charge < -0.3 is 9.47 Å². The highest BCUT2D eigenvalue weighted by atomic mass is 16.6. The number of carbonyl (C=O) groups is 3. The van der Waals surface area contributed by atoms with Crippen LogP contribution in [0.15, 0.2) is 42.0 Å². The third-order valence-corrected chi connectivity index (χ3v) is 3.25. The molecular formula is C18H22O5. The van der Waals surface area contributed by atoms with Gasteiger partial charge in [0.15, 0.2) is 11.7 Å². The molecule has 1 aromatic carbocycles. The van der Waals surface area contributed by atoms with Gasteiger partial charge in [-0.25, -0.2) is 0 Å². The lowest BCUT2D eigenvalue weighted by molar-refractivity contribution is -0.159. The molecule has 0 atom stereocenters. The maximum Gasteiger partial charge on any atom is 0.324 e. The Balaban J connectivity index is 2.99. The van der Waals surface area contributed by atoms with E-state index >= 15 is 0 Å². The minimum absolute atomic E-state index is 0.0389. The zero-order valence-corrected chi connectivity index (χ0v) is 13.7. The maximum atomic E-state index is 12.3. The van der Waals surface area contributed by atoms with Crippen molar-refractivity contribution in [3.63, 3.8) is 0 Å². The highest BCUT2D eigenvalue weighted by Gasteiger charge is 2.33. The summed E-state index contributed by atoms with van der Waals surface area (Å²) in [5, 5.41) is 0. The number of hydrogen-bond donors (Lipinski definition) is 0. The number of benzene rings is 1. The third-order valence-electron chi connectivity index (χ3n) is 3.25. The minimum Gasteiger partial charge on any atom is -0.465 e. The number of Topliss-reactive ketones (excluding diaryl/α,β-unsaturated/α-hetero) is 1. The molecule has 0 aliphatic heterocycles. The summed E-state index contributed by atoms with van der Waals surface area (Å²) >= 11 is 0. The summed E-state index contributed by atoms with van der Waals surface area (Å²) in [5.74, 6) is -2.76. The molecule has 0 aliphatic rings. The van der Waals surface area contributed by atoms with Gasteiger partial charge in [0.2, 0.25) is 0 Å². The quantitative estimate of drug-likeness (QED) is 0.319. The average molecular weight is 318 g/mol. The van der Waals surface area contributed by atoms with Crippen molar-refractivity contribution in [3.8, 4) is 0 Å². The van der Waals surface area contributed by atoms with Gasteiger partial charge in [-0.1, -0.05) is 36.4 Å². The van der Waals surface area contributed by atoms with Crippen LogP contribution in [0, 0.1) is 5.92 Å². The molecule has 0 saturated heterocycles. The molecule has 1 aromatic rings. The molecule has 0 amide bonds. The third kappa shape index (κ3) is 5.36. The fourth-order valence-corrected chi connectivity index (χ4v) is 2.13. The molecule has 0 N–H and O–H groups in total. The largest absolute Gasteiger partial charge is 0.465 e. The zero-order chi connectivity index (χ0) is 17.2. The van der Waals surface area contributed by atoms with Crippen LogP contribution in [0.2, 0.25) is 0 Å². The Morgan fingerprint density at radius 3 is 1.96 bits per heavy atom. The SMILES string of the molecule is C/C=C(\CC(=O)c1ccccc1)C(C(=O)OCC)C(=O)OCC. The Hall–Kier alpha value is -2.43. The summed E-state index contributed by atoms with van der Waals surface area (Å²) in [7, 11) is 0. The lowest BCUT2D eigenvalue weighted by atomic mass is 9.92. The number of carbonyl (C=O) groups excluding carboxylic acids is 3. The van der Waals surface area contributed by atoms with Gasteiger partial charge in [0.25, 0.3) is 0 Å². The zero-order valence-electron chi connectivity index (χ0n) is 13.7.